The Bertz CT molecular complexity index is 777. The summed E-state index contributed by atoms with van der Waals surface area (Å²) >= 11 is 0. The molecule has 0 saturated carbocycles. The number of β-amino-alcohol motifs (C(OH)–C–C–N with tert-alkyl or cyclic N) is 1. The fourth-order valence-electron chi connectivity index (χ4n) is 3.10. The molecule has 3 amide bonds. The first-order valence-corrected chi connectivity index (χ1v) is 9.08. The Balaban J connectivity index is 1.48. The summed E-state index contributed by atoms with van der Waals surface area (Å²) in [4.78, 5) is 27.0. The molecule has 1 aliphatic rings. The molecule has 1 fully saturated rings. The molecule has 8 nitrogen and oxygen atoms in total. The summed E-state index contributed by atoms with van der Waals surface area (Å²) in [7, 11) is 0. The van der Waals surface area contributed by atoms with Crippen molar-refractivity contribution in [2.45, 2.75) is 19.4 Å². The molecule has 1 saturated heterocycles. The number of hydrogen-bond donors (Lipinski definition) is 2. The average Bonchev–Trinajstić information content (AvgIpc) is 3.03. The zero-order valence-electron chi connectivity index (χ0n) is 15.4. The first-order valence-electron chi connectivity index (χ1n) is 9.08. The van der Waals surface area contributed by atoms with Gasteiger partial charge in [0.2, 0.25) is 5.91 Å². The SMILES string of the molecule is CC(=O)N1CCN(C(=O)NCCc2cnn(-c3ccccc3)c2)CC(O)C1. The Morgan fingerprint density at radius 1 is 1.19 bits per heavy atom. The van der Waals surface area contributed by atoms with Crippen LogP contribution in [-0.4, -0.2) is 75.5 Å². The monoisotopic (exact) mass is 371 g/mol. The Morgan fingerprint density at radius 3 is 2.63 bits per heavy atom. The van der Waals surface area contributed by atoms with Gasteiger partial charge in [-0.25, -0.2) is 9.48 Å². The van der Waals surface area contributed by atoms with Gasteiger partial charge in [-0.2, -0.15) is 5.10 Å². The number of carbonyl (C=O) groups is 2. The zero-order valence-corrected chi connectivity index (χ0v) is 15.4. The van der Waals surface area contributed by atoms with Crippen LogP contribution in [0.2, 0.25) is 0 Å². The molecule has 0 spiro atoms. The molecule has 144 valence electrons. The van der Waals surface area contributed by atoms with Crippen molar-refractivity contribution >= 4 is 11.9 Å². The largest absolute Gasteiger partial charge is 0.389 e. The van der Waals surface area contributed by atoms with Crippen molar-refractivity contribution in [1.82, 2.24) is 24.9 Å². The molecular formula is C19H25N5O3. The summed E-state index contributed by atoms with van der Waals surface area (Å²) in [5.74, 6) is -0.0910. The van der Waals surface area contributed by atoms with Crippen LogP contribution in [0.15, 0.2) is 42.7 Å². The zero-order chi connectivity index (χ0) is 19.2. The predicted molar refractivity (Wildman–Crippen MR) is 101 cm³/mol. The van der Waals surface area contributed by atoms with E-state index in [-0.39, 0.29) is 25.0 Å². The summed E-state index contributed by atoms with van der Waals surface area (Å²) in [5, 5.41) is 17.2. The third kappa shape index (κ3) is 5.07. The molecule has 1 aromatic heterocycles. The third-order valence-electron chi connectivity index (χ3n) is 4.58. The first kappa shape index (κ1) is 18.9. The number of nitrogens with zero attached hydrogens (tertiary/aromatic N) is 4. The van der Waals surface area contributed by atoms with E-state index in [1.807, 2.05) is 36.5 Å². The van der Waals surface area contributed by atoms with Crippen molar-refractivity contribution in [3.8, 4) is 5.69 Å². The van der Waals surface area contributed by atoms with Crippen LogP contribution < -0.4 is 5.32 Å². The number of benzene rings is 1. The summed E-state index contributed by atoms with van der Waals surface area (Å²) in [5.41, 5.74) is 2.01. The van der Waals surface area contributed by atoms with Gasteiger partial charge in [0.15, 0.2) is 0 Å². The maximum atomic E-state index is 12.4. The van der Waals surface area contributed by atoms with Gasteiger partial charge in [0.1, 0.15) is 0 Å². The van der Waals surface area contributed by atoms with Gasteiger partial charge < -0.3 is 20.2 Å². The fourth-order valence-corrected chi connectivity index (χ4v) is 3.10. The lowest BCUT2D eigenvalue weighted by molar-refractivity contribution is -0.129. The molecule has 0 aliphatic carbocycles. The summed E-state index contributed by atoms with van der Waals surface area (Å²) in [6.07, 6.45) is 3.67. The standard InChI is InChI=1S/C19H25N5O3/c1-15(25)22-9-10-23(14-18(26)13-22)19(27)20-8-7-16-11-21-24(12-16)17-5-3-2-4-6-17/h2-6,11-12,18,26H,7-10,13-14H2,1H3,(H,20,27). The number of rotatable bonds is 4. The van der Waals surface area contributed by atoms with Crippen LogP contribution in [0, 0.1) is 0 Å². The van der Waals surface area contributed by atoms with Crippen LogP contribution in [0.4, 0.5) is 4.79 Å². The lowest BCUT2D eigenvalue weighted by Gasteiger charge is -2.22. The van der Waals surface area contributed by atoms with Crippen LogP contribution in [-0.2, 0) is 11.2 Å². The number of para-hydroxylation sites is 1. The van der Waals surface area contributed by atoms with Crippen molar-refractivity contribution in [2.75, 3.05) is 32.7 Å². The smallest absolute Gasteiger partial charge is 0.317 e. The van der Waals surface area contributed by atoms with Gasteiger partial charge in [-0.3, -0.25) is 4.79 Å². The molecular weight excluding hydrogens is 346 g/mol. The minimum absolute atomic E-state index is 0.0910. The molecule has 1 unspecified atom stereocenters. The lowest BCUT2D eigenvalue weighted by Crippen LogP contribution is -2.44. The normalized spacial score (nSPS) is 17.5. The number of aliphatic hydroxyl groups is 1. The van der Waals surface area contributed by atoms with Crippen molar-refractivity contribution in [3.05, 3.63) is 48.3 Å². The van der Waals surface area contributed by atoms with Crippen molar-refractivity contribution in [1.29, 1.82) is 0 Å². The van der Waals surface area contributed by atoms with Crippen LogP contribution >= 0.6 is 0 Å². The van der Waals surface area contributed by atoms with Crippen molar-refractivity contribution < 1.29 is 14.7 Å². The molecule has 3 rings (SSSR count). The van der Waals surface area contributed by atoms with Crippen LogP contribution in [0.5, 0.6) is 0 Å². The highest BCUT2D eigenvalue weighted by Gasteiger charge is 2.25. The van der Waals surface area contributed by atoms with E-state index in [1.165, 1.54) is 6.92 Å². The van der Waals surface area contributed by atoms with E-state index in [0.717, 1.165) is 11.3 Å². The second kappa shape index (κ2) is 8.68. The van der Waals surface area contributed by atoms with Crippen LogP contribution in [0.1, 0.15) is 12.5 Å². The minimum atomic E-state index is -0.730. The van der Waals surface area contributed by atoms with Gasteiger partial charge in [-0.1, -0.05) is 18.2 Å². The third-order valence-corrected chi connectivity index (χ3v) is 4.58. The van der Waals surface area contributed by atoms with Gasteiger partial charge in [0.25, 0.3) is 0 Å². The van der Waals surface area contributed by atoms with Gasteiger partial charge in [-0.05, 0) is 24.1 Å². The Hall–Kier alpha value is -2.87. The van der Waals surface area contributed by atoms with Crippen LogP contribution in [0.25, 0.3) is 5.69 Å². The van der Waals surface area contributed by atoms with Gasteiger partial charge in [-0.15, -0.1) is 0 Å². The quantitative estimate of drug-likeness (QED) is 0.826. The molecule has 8 heteroatoms. The Kier molecular flexibility index (Phi) is 6.08. The fraction of sp³-hybridized carbons (Fsp3) is 0.421. The number of carbonyl (C=O) groups excluding carboxylic acids is 2. The molecule has 2 aromatic rings. The molecule has 0 bridgehead atoms. The predicted octanol–water partition coefficient (Wildman–Crippen LogP) is 0.649. The number of amides is 3. The second-order valence-electron chi connectivity index (χ2n) is 6.68. The molecule has 2 N–H and O–H groups in total. The van der Waals surface area contributed by atoms with E-state index < -0.39 is 6.10 Å². The molecule has 1 aliphatic heterocycles. The molecule has 1 aromatic carbocycles. The van der Waals surface area contributed by atoms with Gasteiger partial charge in [0, 0.05) is 39.3 Å². The molecule has 27 heavy (non-hydrogen) atoms. The number of urea groups is 1. The number of aliphatic hydroxyl groups excluding tert-OH is 1. The highest BCUT2D eigenvalue weighted by Crippen LogP contribution is 2.08. The van der Waals surface area contributed by atoms with Crippen LogP contribution in [0.3, 0.4) is 0 Å². The molecule has 1 atom stereocenters. The Morgan fingerprint density at radius 2 is 1.89 bits per heavy atom. The highest BCUT2D eigenvalue weighted by molar-refractivity contribution is 5.75. The van der Waals surface area contributed by atoms with Crippen molar-refractivity contribution in [3.63, 3.8) is 0 Å². The highest BCUT2D eigenvalue weighted by atomic mass is 16.3. The van der Waals surface area contributed by atoms with E-state index in [1.54, 1.807) is 20.7 Å². The number of hydrogen-bond acceptors (Lipinski definition) is 4. The average molecular weight is 371 g/mol. The molecule has 0 radical (unpaired) electrons. The topological polar surface area (TPSA) is 90.7 Å². The maximum absolute atomic E-state index is 12.4. The van der Waals surface area contributed by atoms with E-state index >= 15 is 0 Å². The molecule has 2 heterocycles. The van der Waals surface area contributed by atoms with Gasteiger partial charge in [0.05, 0.1) is 24.5 Å². The number of aromatic nitrogens is 2. The maximum Gasteiger partial charge on any atom is 0.317 e. The summed E-state index contributed by atoms with van der Waals surface area (Å²) in [6, 6.07) is 9.61. The number of nitrogens with one attached hydrogen (secondary N) is 1. The minimum Gasteiger partial charge on any atom is -0.389 e. The van der Waals surface area contributed by atoms with E-state index in [4.69, 9.17) is 0 Å². The van der Waals surface area contributed by atoms with E-state index in [9.17, 15) is 14.7 Å². The Labute approximate surface area is 158 Å². The summed E-state index contributed by atoms with van der Waals surface area (Å²) in [6.45, 7) is 3.28. The van der Waals surface area contributed by atoms with E-state index in [2.05, 4.69) is 10.4 Å². The van der Waals surface area contributed by atoms with Gasteiger partial charge >= 0.3 is 6.03 Å². The van der Waals surface area contributed by atoms with E-state index in [0.29, 0.717) is 26.1 Å². The first-order chi connectivity index (χ1) is 13.0. The second-order valence-corrected chi connectivity index (χ2v) is 6.68. The summed E-state index contributed by atoms with van der Waals surface area (Å²) < 4.78 is 1.80. The lowest BCUT2D eigenvalue weighted by atomic mass is 10.2. The van der Waals surface area contributed by atoms with Crippen molar-refractivity contribution in [2.24, 2.45) is 0 Å².